The zero-order valence-corrected chi connectivity index (χ0v) is 10.9. The third-order valence-electron chi connectivity index (χ3n) is 2.59. The van der Waals surface area contributed by atoms with E-state index in [0.717, 1.165) is 36.6 Å². The molecule has 5 nitrogen and oxygen atoms in total. The lowest BCUT2D eigenvalue weighted by molar-refractivity contribution is 0.635. The minimum Gasteiger partial charge on any atom is -0.311 e. The molecule has 0 spiro atoms. The van der Waals surface area contributed by atoms with Gasteiger partial charge in [0.15, 0.2) is 0 Å². The van der Waals surface area contributed by atoms with Gasteiger partial charge in [0.1, 0.15) is 0 Å². The topological polar surface area (TPSA) is 55.6 Å². The van der Waals surface area contributed by atoms with E-state index in [1.54, 1.807) is 0 Å². The highest BCUT2D eigenvalue weighted by atomic mass is 15.4. The SMILES string of the molecule is CCCNCc1cn(Cc2cccc(C)n2)nn1. The van der Waals surface area contributed by atoms with Crippen molar-refractivity contribution in [3.8, 4) is 0 Å². The first-order valence-corrected chi connectivity index (χ1v) is 6.30. The summed E-state index contributed by atoms with van der Waals surface area (Å²) in [5.74, 6) is 0. The highest BCUT2D eigenvalue weighted by Gasteiger charge is 2.02. The Labute approximate surface area is 107 Å². The van der Waals surface area contributed by atoms with Gasteiger partial charge in [-0.1, -0.05) is 18.2 Å². The summed E-state index contributed by atoms with van der Waals surface area (Å²) in [6.07, 6.45) is 3.09. The van der Waals surface area contributed by atoms with Crippen molar-refractivity contribution in [1.82, 2.24) is 25.3 Å². The summed E-state index contributed by atoms with van der Waals surface area (Å²) >= 11 is 0. The minimum atomic E-state index is 0.669. The molecule has 0 atom stereocenters. The van der Waals surface area contributed by atoms with Gasteiger partial charge in [0.05, 0.1) is 24.1 Å². The molecule has 0 unspecified atom stereocenters. The quantitative estimate of drug-likeness (QED) is 0.784. The van der Waals surface area contributed by atoms with E-state index in [1.807, 2.05) is 36.0 Å². The van der Waals surface area contributed by atoms with E-state index < -0.39 is 0 Å². The van der Waals surface area contributed by atoms with Gasteiger partial charge in [-0.15, -0.1) is 5.10 Å². The number of nitrogens with one attached hydrogen (secondary N) is 1. The Bertz CT molecular complexity index is 492. The largest absolute Gasteiger partial charge is 0.311 e. The molecule has 0 amide bonds. The molecular formula is C13H19N5. The molecule has 2 rings (SSSR count). The Morgan fingerprint density at radius 1 is 1.28 bits per heavy atom. The molecule has 0 aliphatic heterocycles. The van der Waals surface area contributed by atoms with Gasteiger partial charge in [-0.25, -0.2) is 4.68 Å². The van der Waals surface area contributed by atoms with Crippen LogP contribution in [0, 0.1) is 6.92 Å². The van der Waals surface area contributed by atoms with E-state index in [-0.39, 0.29) is 0 Å². The summed E-state index contributed by atoms with van der Waals surface area (Å²) in [6.45, 7) is 6.59. The van der Waals surface area contributed by atoms with Gasteiger partial charge in [-0.05, 0) is 32.0 Å². The summed E-state index contributed by atoms with van der Waals surface area (Å²) in [7, 11) is 0. The maximum absolute atomic E-state index is 4.45. The van der Waals surface area contributed by atoms with Crippen LogP contribution in [0.5, 0.6) is 0 Å². The Morgan fingerprint density at radius 2 is 2.17 bits per heavy atom. The molecule has 0 aromatic carbocycles. The molecule has 0 bridgehead atoms. The standard InChI is InChI=1S/C13H19N5/c1-3-7-14-8-13-10-18(17-16-13)9-12-6-4-5-11(2)15-12/h4-6,10,14H,3,7-9H2,1-2H3. The summed E-state index contributed by atoms with van der Waals surface area (Å²) in [4.78, 5) is 4.45. The second kappa shape index (κ2) is 6.26. The van der Waals surface area contributed by atoms with Crippen LogP contribution in [-0.2, 0) is 13.1 Å². The zero-order valence-electron chi connectivity index (χ0n) is 10.9. The number of rotatable bonds is 6. The van der Waals surface area contributed by atoms with Gasteiger partial charge in [0.25, 0.3) is 0 Å². The predicted molar refractivity (Wildman–Crippen MR) is 70.1 cm³/mol. The van der Waals surface area contributed by atoms with Crippen molar-refractivity contribution in [2.24, 2.45) is 0 Å². The van der Waals surface area contributed by atoms with Gasteiger partial charge in [0, 0.05) is 12.2 Å². The fourth-order valence-electron chi connectivity index (χ4n) is 1.74. The van der Waals surface area contributed by atoms with E-state index in [2.05, 4.69) is 27.5 Å². The Balaban J connectivity index is 1.94. The first kappa shape index (κ1) is 12.7. The average molecular weight is 245 g/mol. The first-order valence-electron chi connectivity index (χ1n) is 6.30. The average Bonchev–Trinajstić information content (AvgIpc) is 2.77. The minimum absolute atomic E-state index is 0.669. The molecule has 96 valence electrons. The molecule has 1 N–H and O–H groups in total. The van der Waals surface area contributed by atoms with Gasteiger partial charge in [-0.3, -0.25) is 4.98 Å². The van der Waals surface area contributed by atoms with Crippen molar-refractivity contribution in [2.45, 2.75) is 33.4 Å². The third-order valence-corrected chi connectivity index (χ3v) is 2.59. The van der Waals surface area contributed by atoms with E-state index in [9.17, 15) is 0 Å². The Morgan fingerprint density at radius 3 is 2.94 bits per heavy atom. The van der Waals surface area contributed by atoms with Crippen LogP contribution < -0.4 is 5.32 Å². The highest BCUT2D eigenvalue weighted by molar-refractivity contribution is 5.10. The van der Waals surface area contributed by atoms with Crippen LogP contribution in [0.4, 0.5) is 0 Å². The zero-order chi connectivity index (χ0) is 12.8. The first-order chi connectivity index (χ1) is 8.78. The fourth-order valence-corrected chi connectivity index (χ4v) is 1.74. The van der Waals surface area contributed by atoms with Gasteiger partial charge >= 0.3 is 0 Å². The second-order valence-corrected chi connectivity index (χ2v) is 4.35. The lowest BCUT2D eigenvalue weighted by Gasteiger charge is -2.01. The maximum Gasteiger partial charge on any atom is 0.0964 e. The molecule has 0 radical (unpaired) electrons. The normalized spacial score (nSPS) is 10.8. The Kier molecular flexibility index (Phi) is 4.41. The number of hydrogen-bond donors (Lipinski definition) is 1. The van der Waals surface area contributed by atoms with Crippen LogP contribution in [0.25, 0.3) is 0 Å². The highest BCUT2D eigenvalue weighted by Crippen LogP contribution is 2.01. The molecule has 2 aromatic heterocycles. The molecule has 2 aromatic rings. The Hall–Kier alpha value is -1.75. The van der Waals surface area contributed by atoms with Crippen LogP contribution in [0.15, 0.2) is 24.4 Å². The molecule has 5 heteroatoms. The number of hydrogen-bond acceptors (Lipinski definition) is 4. The van der Waals surface area contributed by atoms with Crippen LogP contribution in [-0.4, -0.2) is 26.5 Å². The lowest BCUT2D eigenvalue weighted by atomic mass is 10.3. The molecule has 0 saturated heterocycles. The number of aryl methyl sites for hydroxylation is 1. The smallest absolute Gasteiger partial charge is 0.0964 e. The van der Waals surface area contributed by atoms with E-state index in [4.69, 9.17) is 0 Å². The molecule has 2 heterocycles. The molecule has 0 saturated carbocycles. The summed E-state index contributed by atoms with van der Waals surface area (Å²) < 4.78 is 1.82. The number of pyridine rings is 1. The van der Waals surface area contributed by atoms with Crippen LogP contribution in [0.3, 0.4) is 0 Å². The monoisotopic (exact) mass is 245 g/mol. The van der Waals surface area contributed by atoms with Crippen LogP contribution in [0.1, 0.15) is 30.4 Å². The number of nitrogens with zero attached hydrogens (tertiary/aromatic N) is 4. The van der Waals surface area contributed by atoms with Crippen molar-refractivity contribution in [3.05, 3.63) is 41.5 Å². The van der Waals surface area contributed by atoms with E-state index in [0.29, 0.717) is 6.54 Å². The van der Waals surface area contributed by atoms with Crippen LogP contribution >= 0.6 is 0 Å². The number of aromatic nitrogens is 4. The van der Waals surface area contributed by atoms with Crippen molar-refractivity contribution < 1.29 is 0 Å². The van der Waals surface area contributed by atoms with Crippen molar-refractivity contribution in [1.29, 1.82) is 0 Å². The lowest BCUT2D eigenvalue weighted by Crippen LogP contribution is -2.13. The summed E-state index contributed by atoms with van der Waals surface area (Å²) in [6, 6.07) is 6.01. The second-order valence-electron chi connectivity index (χ2n) is 4.35. The van der Waals surface area contributed by atoms with E-state index in [1.165, 1.54) is 0 Å². The van der Waals surface area contributed by atoms with Gasteiger partial charge < -0.3 is 5.32 Å². The molecular weight excluding hydrogens is 226 g/mol. The fraction of sp³-hybridized carbons (Fsp3) is 0.462. The third kappa shape index (κ3) is 3.63. The van der Waals surface area contributed by atoms with Gasteiger partial charge in [-0.2, -0.15) is 0 Å². The van der Waals surface area contributed by atoms with Crippen molar-refractivity contribution in [3.63, 3.8) is 0 Å². The molecule has 0 aliphatic rings. The van der Waals surface area contributed by atoms with Crippen molar-refractivity contribution in [2.75, 3.05) is 6.54 Å². The van der Waals surface area contributed by atoms with Crippen molar-refractivity contribution >= 4 is 0 Å². The molecule has 18 heavy (non-hydrogen) atoms. The summed E-state index contributed by atoms with van der Waals surface area (Å²) in [5.41, 5.74) is 3.00. The molecule has 0 fully saturated rings. The summed E-state index contributed by atoms with van der Waals surface area (Å²) in [5, 5.41) is 11.5. The van der Waals surface area contributed by atoms with Gasteiger partial charge in [0.2, 0.25) is 0 Å². The maximum atomic E-state index is 4.45. The predicted octanol–water partition coefficient (Wildman–Crippen LogP) is 1.53. The molecule has 0 aliphatic carbocycles. The van der Waals surface area contributed by atoms with Crippen LogP contribution in [0.2, 0.25) is 0 Å². The van der Waals surface area contributed by atoms with E-state index >= 15 is 0 Å².